The van der Waals surface area contributed by atoms with Gasteiger partial charge in [-0.1, -0.05) is 6.92 Å². The lowest BCUT2D eigenvalue weighted by atomic mass is 9.98. The topological polar surface area (TPSA) is 39.7 Å². The van der Waals surface area contributed by atoms with Crippen molar-refractivity contribution in [1.29, 1.82) is 0 Å². The highest BCUT2D eigenvalue weighted by Gasteiger charge is 2.24. The molecule has 1 unspecified atom stereocenters. The monoisotopic (exact) mass is 233 g/mol. The Morgan fingerprint density at radius 1 is 1.12 bits per heavy atom. The lowest BCUT2D eigenvalue weighted by molar-refractivity contribution is -0.126. The zero-order valence-electron chi connectivity index (χ0n) is 11.5. The molecule has 0 rings (SSSR count). The molecule has 1 atom stereocenters. The molecule has 98 valence electrons. The molecule has 0 amide bonds. The van der Waals surface area contributed by atoms with Crippen molar-refractivity contribution in [1.82, 2.24) is 5.32 Å². The molecule has 1 N–H and O–H groups in total. The summed E-state index contributed by atoms with van der Waals surface area (Å²) in [5, 5.41) is 3.38. The fourth-order valence-electron chi connectivity index (χ4n) is 1.63. The number of nitrogens with one attached hydrogen (secondary N) is 1. The zero-order chi connectivity index (χ0) is 12.6. The maximum atomic E-state index is 5.40. The molecule has 4 heteroatoms. The molecular formula is C12H27NO3. The average molecular weight is 233 g/mol. The van der Waals surface area contributed by atoms with Gasteiger partial charge >= 0.3 is 0 Å². The summed E-state index contributed by atoms with van der Waals surface area (Å²) < 4.78 is 16.0. The summed E-state index contributed by atoms with van der Waals surface area (Å²) in [7, 11) is 5.08. The third kappa shape index (κ3) is 5.80. The second-order valence-corrected chi connectivity index (χ2v) is 4.51. The predicted molar refractivity (Wildman–Crippen MR) is 65.6 cm³/mol. The van der Waals surface area contributed by atoms with Gasteiger partial charge in [-0.2, -0.15) is 0 Å². The summed E-state index contributed by atoms with van der Waals surface area (Å²) >= 11 is 0. The van der Waals surface area contributed by atoms with Gasteiger partial charge < -0.3 is 19.5 Å². The molecule has 0 radical (unpaired) electrons. The molecule has 0 aromatic rings. The minimum Gasteiger partial charge on any atom is -0.379 e. The van der Waals surface area contributed by atoms with Crippen LogP contribution in [-0.2, 0) is 14.2 Å². The fourth-order valence-corrected chi connectivity index (χ4v) is 1.63. The number of ether oxygens (including phenoxy) is 3. The van der Waals surface area contributed by atoms with Crippen molar-refractivity contribution >= 4 is 0 Å². The van der Waals surface area contributed by atoms with Crippen LogP contribution in [0.15, 0.2) is 0 Å². The third-order valence-electron chi connectivity index (χ3n) is 2.87. The van der Waals surface area contributed by atoms with E-state index in [1.807, 2.05) is 0 Å². The first kappa shape index (κ1) is 15.8. The van der Waals surface area contributed by atoms with E-state index in [1.165, 1.54) is 0 Å². The quantitative estimate of drug-likeness (QED) is 0.616. The third-order valence-corrected chi connectivity index (χ3v) is 2.87. The highest BCUT2D eigenvalue weighted by Crippen LogP contribution is 2.18. The van der Waals surface area contributed by atoms with Gasteiger partial charge in [-0.05, 0) is 33.2 Å². The van der Waals surface area contributed by atoms with Crippen LogP contribution in [0.2, 0.25) is 0 Å². The predicted octanol–water partition coefficient (Wildman–Crippen LogP) is 1.79. The molecule has 0 aromatic heterocycles. The van der Waals surface area contributed by atoms with E-state index in [1.54, 1.807) is 21.3 Å². The zero-order valence-corrected chi connectivity index (χ0v) is 11.5. The van der Waals surface area contributed by atoms with Crippen LogP contribution in [0.25, 0.3) is 0 Å². The molecule has 0 spiro atoms. The van der Waals surface area contributed by atoms with E-state index < -0.39 is 0 Å². The number of likely N-dealkylation sites (N-methyl/N-ethyl adjacent to an activating group) is 1. The van der Waals surface area contributed by atoms with E-state index in [0.717, 1.165) is 19.4 Å². The number of hydrogen-bond acceptors (Lipinski definition) is 4. The Hall–Kier alpha value is -0.160. The van der Waals surface area contributed by atoms with Crippen LogP contribution in [0.4, 0.5) is 0 Å². The minimum absolute atomic E-state index is 0.0975. The molecule has 0 bridgehead atoms. The van der Waals surface area contributed by atoms with Crippen LogP contribution in [0, 0.1) is 0 Å². The maximum absolute atomic E-state index is 5.40. The van der Waals surface area contributed by atoms with Crippen molar-refractivity contribution in [2.45, 2.75) is 51.5 Å². The summed E-state index contributed by atoms with van der Waals surface area (Å²) in [6.07, 6.45) is 1.72. The van der Waals surface area contributed by atoms with Crippen molar-refractivity contribution in [2.24, 2.45) is 0 Å². The van der Waals surface area contributed by atoms with E-state index >= 15 is 0 Å². The second-order valence-electron chi connectivity index (χ2n) is 4.51. The Bertz CT molecular complexity index is 170. The van der Waals surface area contributed by atoms with Gasteiger partial charge in [-0.15, -0.1) is 0 Å². The van der Waals surface area contributed by atoms with Gasteiger partial charge in [0.05, 0.1) is 11.6 Å². The maximum Gasteiger partial charge on any atom is 0.171 e. The van der Waals surface area contributed by atoms with Crippen LogP contribution in [0.3, 0.4) is 0 Å². The Kier molecular flexibility index (Phi) is 7.93. The van der Waals surface area contributed by atoms with Crippen molar-refractivity contribution in [2.75, 3.05) is 27.9 Å². The molecule has 16 heavy (non-hydrogen) atoms. The molecule has 0 aliphatic heterocycles. The van der Waals surface area contributed by atoms with Crippen LogP contribution < -0.4 is 5.32 Å². The smallest absolute Gasteiger partial charge is 0.171 e. The first-order chi connectivity index (χ1) is 7.50. The van der Waals surface area contributed by atoms with Crippen LogP contribution >= 0.6 is 0 Å². The van der Waals surface area contributed by atoms with E-state index in [9.17, 15) is 0 Å². The van der Waals surface area contributed by atoms with Crippen LogP contribution in [-0.4, -0.2) is 45.8 Å². The van der Waals surface area contributed by atoms with Gasteiger partial charge in [0.25, 0.3) is 0 Å². The summed E-state index contributed by atoms with van der Waals surface area (Å²) in [5.74, 6) is 0. The van der Waals surface area contributed by atoms with Gasteiger partial charge in [0, 0.05) is 21.3 Å². The highest BCUT2D eigenvalue weighted by atomic mass is 16.7. The molecule has 4 nitrogen and oxygen atoms in total. The van der Waals surface area contributed by atoms with E-state index in [4.69, 9.17) is 14.2 Å². The molecule has 0 aromatic carbocycles. The number of methoxy groups -OCH3 is 3. The highest BCUT2D eigenvalue weighted by molar-refractivity contribution is 4.76. The molecule has 0 aliphatic carbocycles. The Morgan fingerprint density at radius 2 is 1.69 bits per heavy atom. The van der Waals surface area contributed by atoms with Gasteiger partial charge in [0.2, 0.25) is 0 Å². The summed E-state index contributed by atoms with van der Waals surface area (Å²) in [6.45, 7) is 7.16. The second kappa shape index (κ2) is 8.01. The summed E-state index contributed by atoms with van der Waals surface area (Å²) in [6, 6.07) is 0.203. The lowest BCUT2D eigenvalue weighted by Crippen LogP contribution is -2.43. The SMILES string of the molecule is CCNC(CCC(C)(C)OC)C(OC)OC. The molecule has 0 saturated heterocycles. The fraction of sp³-hybridized carbons (Fsp3) is 1.00. The Labute approximate surface area is 99.6 Å². The summed E-state index contributed by atoms with van der Waals surface area (Å²) in [5.41, 5.74) is -0.0975. The van der Waals surface area contributed by atoms with Crippen LogP contribution in [0.5, 0.6) is 0 Å². The standard InChI is InChI=1S/C12H27NO3/c1-7-13-10(11(14-4)15-5)8-9-12(2,3)16-6/h10-11,13H,7-9H2,1-6H3. The normalized spacial score (nSPS) is 14.4. The molecule has 0 heterocycles. The number of rotatable bonds is 9. The Balaban J connectivity index is 4.22. The Morgan fingerprint density at radius 3 is 2.06 bits per heavy atom. The average Bonchev–Trinajstić information content (AvgIpc) is 2.27. The van der Waals surface area contributed by atoms with Gasteiger partial charge in [-0.3, -0.25) is 0 Å². The number of hydrogen-bond donors (Lipinski definition) is 1. The molecular weight excluding hydrogens is 206 g/mol. The molecule has 0 saturated carbocycles. The van der Waals surface area contributed by atoms with Crippen molar-refractivity contribution in [3.8, 4) is 0 Å². The summed E-state index contributed by atoms with van der Waals surface area (Å²) in [4.78, 5) is 0. The van der Waals surface area contributed by atoms with Gasteiger partial charge in [0.15, 0.2) is 6.29 Å². The first-order valence-electron chi connectivity index (χ1n) is 5.84. The molecule has 0 aliphatic rings. The van der Waals surface area contributed by atoms with E-state index in [0.29, 0.717) is 0 Å². The van der Waals surface area contributed by atoms with Crippen molar-refractivity contribution < 1.29 is 14.2 Å². The first-order valence-corrected chi connectivity index (χ1v) is 5.84. The largest absolute Gasteiger partial charge is 0.379 e. The van der Waals surface area contributed by atoms with Crippen LogP contribution in [0.1, 0.15) is 33.6 Å². The minimum atomic E-state index is -0.201. The van der Waals surface area contributed by atoms with Gasteiger partial charge in [-0.25, -0.2) is 0 Å². The van der Waals surface area contributed by atoms with Crippen molar-refractivity contribution in [3.05, 3.63) is 0 Å². The van der Waals surface area contributed by atoms with Gasteiger partial charge in [0.1, 0.15) is 0 Å². The lowest BCUT2D eigenvalue weighted by Gasteiger charge is -2.29. The van der Waals surface area contributed by atoms with E-state index in [-0.39, 0.29) is 17.9 Å². The van der Waals surface area contributed by atoms with E-state index in [2.05, 4.69) is 26.1 Å². The van der Waals surface area contributed by atoms with Crippen molar-refractivity contribution in [3.63, 3.8) is 0 Å². The molecule has 0 fully saturated rings.